The highest BCUT2D eigenvalue weighted by molar-refractivity contribution is 8.93. The first-order valence-electron chi connectivity index (χ1n) is 1.73. The molecule has 0 saturated carbocycles. The van der Waals surface area contributed by atoms with Gasteiger partial charge in [-0.05, 0) is 0 Å². The van der Waals surface area contributed by atoms with Gasteiger partial charge in [-0.25, -0.2) is 0 Å². The Kier molecular flexibility index (Phi) is 8.64. The maximum Gasteiger partial charge on any atom is 0.0274 e. The Morgan fingerprint density at radius 3 is 1.00 bits per heavy atom. The molecule has 0 bridgehead atoms. The maximum absolute atomic E-state index is 2.31. The maximum atomic E-state index is 2.31. The van der Waals surface area contributed by atoms with Crippen LogP contribution in [0.1, 0.15) is 0 Å². The second kappa shape index (κ2) is 4.70. The molecule has 0 spiro atoms. The van der Waals surface area contributed by atoms with E-state index in [1.165, 1.54) is 0 Å². The summed E-state index contributed by atoms with van der Waals surface area (Å²) >= 11 is 0. The Morgan fingerprint density at radius 1 is 1.00 bits per heavy atom. The quantitative estimate of drug-likeness (QED) is 0.467. The van der Waals surface area contributed by atoms with E-state index in [0.29, 0.717) is 0 Å². The van der Waals surface area contributed by atoms with Crippen LogP contribution in [0.25, 0.3) is 0 Å². The van der Waals surface area contributed by atoms with Gasteiger partial charge in [0, 0.05) is 8.80 Å². The second-order valence-electron chi connectivity index (χ2n) is 1.73. The lowest BCUT2D eigenvalue weighted by atomic mass is 11.8. The predicted molar refractivity (Wildman–Crippen MR) is 35.1 cm³/mol. The van der Waals surface area contributed by atoms with Crippen LogP contribution in [0, 0.1) is 0 Å². The molecular formula is C3H11BrSi. The van der Waals surface area contributed by atoms with Gasteiger partial charge in [0.15, 0.2) is 0 Å². The summed E-state index contributed by atoms with van der Waals surface area (Å²) in [7, 11) is -0.139. The average Bonchev–Trinajstić information content (AvgIpc) is 0.811. The van der Waals surface area contributed by atoms with Crippen molar-refractivity contribution < 1.29 is 0 Å². The smallest absolute Gasteiger partial charge is 0.0274 e. The second-order valence-corrected chi connectivity index (χ2v) is 5.20. The SMILES string of the molecule is Br.C[SiH](C)C. The Hall–Kier alpha value is 0.697. The largest absolute Gasteiger partial charge is 0.114 e. The molecule has 2 heteroatoms. The molecule has 0 N–H and O–H groups in total. The van der Waals surface area contributed by atoms with Gasteiger partial charge in [0.25, 0.3) is 0 Å². The monoisotopic (exact) mass is 154 g/mol. The van der Waals surface area contributed by atoms with Gasteiger partial charge in [-0.1, -0.05) is 19.6 Å². The third-order valence-corrected chi connectivity index (χ3v) is 0. The molecule has 0 heterocycles. The summed E-state index contributed by atoms with van der Waals surface area (Å²) in [6.45, 7) is 6.92. The Morgan fingerprint density at radius 2 is 1.00 bits per heavy atom. The molecule has 0 aromatic rings. The van der Waals surface area contributed by atoms with Crippen LogP contribution in [-0.2, 0) is 0 Å². The molecule has 0 aliphatic heterocycles. The molecule has 0 atom stereocenters. The zero-order valence-electron chi connectivity index (χ0n) is 3.99. The third kappa shape index (κ3) is 70.3. The molecule has 0 fully saturated rings. The van der Waals surface area contributed by atoms with E-state index in [2.05, 4.69) is 19.6 Å². The topological polar surface area (TPSA) is 0 Å². The summed E-state index contributed by atoms with van der Waals surface area (Å²) in [5.74, 6) is 0. The van der Waals surface area contributed by atoms with Crippen molar-refractivity contribution in [3.8, 4) is 0 Å². The van der Waals surface area contributed by atoms with Crippen molar-refractivity contribution >= 4 is 25.8 Å². The highest BCUT2D eigenvalue weighted by Crippen LogP contribution is 1.68. The van der Waals surface area contributed by atoms with Gasteiger partial charge >= 0.3 is 0 Å². The number of hydrogen-bond acceptors (Lipinski definition) is 0. The van der Waals surface area contributed by atoms with E-state index in [-0.39, 0.29) is 25.8 Å². The summed E-state index contributed by atoms with van der Waals surface area (Å²) in [4.78, 5) is 0. The molecule has 0 radical (unpaired) electrons. The molecule has 0 rings (SSSR count). The molecular weight excluding hydrogens is 144 g/mol. The molecule has 0 amide bonds. The fourth-order valence-electron chi connectivity index (χ4n) is 0. The van der Waals surface area contributed by atoms with Gasteiger partial charge in [-0.3, -0.25) is 0 Å². The van der Waals surface area contributed by atoms with Gasteiger partial charge < -0.3 is 0 Å². The van der Waals surface area contributed by atoms with E-state index < -0.39 is 0 Å². The van der Waals surface area contributed by atoms with Crippen molar-refractivity contribution in [1.82, 2.24) is 0 Å². The molecule has 34 valence electrons. The first-order valence-corrected chi connectivity index (χ1v) is 5.20. The van der Waals surface area contributed by atoms with Crippen LogP contribution in [0.15, 0.2) is 0 Å². The van der Waals surface area contributed by atoms with Crippen LogP contribution in [0.5, 0.6) is 0 Å². The fraction of sp³-hybridized carbons (Fsp3) is 1.00. The highest BCUT2D eigenvalue weighted by Gasteiger charge is 1.71. The van der Waals surface area contributed by atoms with E-state index >= 15 is 0 Å². The van der Waals surface area contributed by atoms with Gasteiger partial charge in [0.2, 0.25) is 0 Å². The zero-order valence-corrected chi connectivity index (χ0v) is 6.85. The van der Waals surface area contributed by atoms with Gasteiger partial charge in [0.1, 0.15) is 0 Å². The Balaban J connectivity index is 0. The van der Waals surface area contributed by atoms with Crippen LogP contribution in [0.3, 0.4) is 0 Å². The van der Waals surface area contributed by atoms with E-state index in [4.69, 9.17) is 0 Å². The summed E-state index contributed by atoms with van der Waals surface area (Å²) in [5, 5.41) is 0. The lowest BCUT2D eigenvalue weighted by molar-refractivity contribution is 1.91. The summed E-state index contributed by atoms with van der Waals surface area (Å²) in [6, 6.07) is 0. The minimum absolute atomic E-state index is 0. The van der Waals surface area contributed by atoms with Crippen molar-refractivity contribution in [3.05, 3.63) is 0 Å². The lowest BCUT2D eigenvalue weighted by Gasteiger charge is -1.75. The van der Waals surface area contributed by atoms with Gasteiger partial charge in [0.05, 0.1) is 0 Å². The van der Waals surface area contributed by atoms with Crippen molar-refractivity contribution in [2.24, 2.45) is 0 Å². The van der Waals surface area contributed by atoms with E-state index in [1.807, 2.05) is 0 Å². The molecule has 0 unspecified atom stereocenters. The van der Waals surface area contributed by atoms with Crippen molar-refractivity contribution in [2.45, 2.75) is 19.6 Å². The summed E-state index contributed by atoms with van der Waals surface area (Å²) in [6.07, 6.45) is 0. The van der Waals surface area contributed by atoms with Crippen LogP contribution in [0.4, 0.5) is 0 Å². The average molecular weight is 155 g/mol. The molecule has 0 aliphatic rings. The van der Waals surface area contributed by atoms with Gasteiger partial charge in [-0.2, -0.15) is 0 Å². The van der Waals surface area contributed by atoms with Crippen molar-refractivity contribution in [2.75, 3.05) is 0 Å². The standard InChI is InChI=1S/C3H10Si.BrH/c1-4(2)3;/h4H,1-3H3;1H. The molecule has 5 heavy (non-hydrogen) atoms. The van der Waals surface area contributed by atoms with Crippen molar-refractivity contribution in [3.63, 3.8) is 0 Å². The number of hydrogen-bond donors (Lipinski definition) is 0. The van der Waals surface area contributed by atoms with Crippen molar-refractivity contribution in [1.29, 1.82) is 0 Å². The van der Waals surface area contributed by atoms with E-state index in [1.54, 1.807) is 0 Å². The minimum atomic E-state index is -0.139. The predicted octanol–water partition coefficient (Wildman–Crippen LogP) is 1.68. The number of rotatable bonds is 0. The first-order chi connectivity index (χ1) is 1.73. The first kappa shape index (κ1) is 9.20. The van der Waals surface area contributed by atoms with Crippen LogP contribution in [-0.4, -0.2) is 8.80 Å². The Labute approximate surface area is 46.0 Å². The van der Waals surface area contributed by atoms with E-state index in [9.17, 15) is 0 Å². The zero-order chi connectivity index (χ0) is 3.58. The Bertz CT molecular complexity index is 11.6. The molecule has 0 aliphatic carbocycles. The third-order valence-electron chi connectivity index (χ3n) is 0. The van der Waals surface area contributed by atoms with Crippen LogP contribution >= 0.6 is 17.0 Å². The molecule has 0 aromatic heterocycles. The summed E-state index contributed by atoms with van der Waals surface area (Å²) < 4.78 is 0. The fourth-order valence-corrected chi connectivity index (χ4v) is 0. The minimum Gasteiger partial charge on any atom is -0.114 e. The van der Waals surface area contributed by atoms with Crippen LogP contribution in [0.2, 0.25) is 19.6 Å². The highest BCUT2D eigenvalue weighted by atomic mass is 79.9. The normalized spacial score (nSPS) is 7.20. The van der Waals surface area contributed by atoms with Crippen LogP contribution < -0.4 is 0 Å². The van der Waals surface area contributed by atoms with Gasteiger partial charge in [-0.15, -0.1) is 17.0 Å². The molecule has 0 nitrogen and oxygen atoms in total. The number of halogens is 1. The van der Waals surface area contributed by atoms with E-state index in [0.717, 1.165) is 0 Å². The summed E-state index contributed by atoms with van der Waals surface area (Å²) in [5.41, 5.74) is 0. The molecule has 0 aromatic carbocycles. The lowest BCUT2D eigenvalue weighted by Crippen LogP contribution is -1.84. The molecule has 0 saturated heterocycles.